The predicted molar refractivity (Wildman–Crippen MR) is 78.4 cm³/mol. The van der Waals surface area contributed by atoms with Crippen molar-refractivity contribution in [3.8, 4) is 0 Å². The van der Waals surface area contributed by atoms with Crippen molar-refractivity contribution in [2.75, 3.05) is 0 Å². The molecule has 2 atom stereocenters. The molecule has 22 heavy (non-hydrogen) atoms. The summed E-state index contributed by atoms with van der Waals surface area (Å²) in [5, 5.41) is 21.7. The molecule has 7 nitrogen and oxygen atoms in total. The smallest absolute Gasteiger partial charge is 0.328 e. The van der Waals surface area contributed by atoms with Crippen LogP contribution in [0.4, 0.5) is 0 Å². The number of aliphatic carboxylic acids is 2. The standard InChI is InChI=1S/C15H14N2O5/c16-11(14(19)20)12(15(21)22)17-13(18)10-6-5-8-3-1-2-4-9(8)7-10/h1-7,11-12H,16H2,(H,17,18)(H,19,20)(H,21,22)/t11?,12-/m0/s1. The second-order valence-corrected chi connectivity index (χ2v) is 4.72. The van der Waals surface area contributed by atoms with Gasteiger partial charge in [0.25, 0.3) is 5.91 Å². The Bertz CT molecular complexity index is 744. The molecule has 0 heterocycles. The van der Waals surface area contributed by atoms with Crippen molar-refractivity contribution in [3.63, 3.8) is 0 Å². The van der Waals surface area contributed by atoms with Gasteiger partial charge in [0.1, 0.15) is 6.04 Å². The van der Waals surface area contributed by atoms with Crippen LogP contribution < -0.4 is 11.1 Å². The molecule has 0 aromatic heterocycles. The predicted octanol–water partition coefficient (Wildman–Crippen LogP) is 0.435. The average Bonchev–Trinajstić information content (AvgIpc) is 2.50. The zero-order valence-electron chi connectivity index (χ0n) is 11.4. The molecular weight excluding hydrogens is 288 g/mol. The number of carboxylic acid groups (broad SMARTS) is 2. The molecule has 2 rings (SSSR count). The van der Waals surface area contributed by atoms with E-state index in [0.717, 1.165) is 10.8 Å². The SMILES string of the molecule is NC(C(=O)O)[C@H](NC(=O)c1ccc2ccccc2c1)C(=O)O. The van der Waals surface area contributed by atoms with Gasteiger partial charge < -0.3 is 21.3 Å². The fourth-order valence-electron chi connectivity index (χ4n) is 2.00. The number of amides is 1. The highest BCUT2D eigenvalue weighted by Gasteiger charge is 2.32. The third kappa shape index (κ3) is 3.21. The van der Waals surface area contributed by atoms with E-state index in [1.54, 1.807) is 12.1 Å². The number of carbonyl (C=O) groups is 3. The summed E-state index contributed by atoms with van der Waals surface area (Å²) in [7, 11) is 0. The van der Waals surface area contributed by atoms with Gasteiger partial charge in [-0.3, -0.25) is 9.59 Å². The topological polar surface area (TPSA) is 130 Å². The van der Waals surface area contributed by atoms with Gasteiger partial charge in [-0.25, -0.2) is 4.79 Å². The van der Waals surface area contributed by atoms with E-state index in [4.69, 9.17) is 15.9 Å². The normalized spacial score (nSPS) is 13.3. The largest absolute Gasteiger partial charge is 0.480 e. The monoisotopic (exact) mass is 302 g/mol. The summed E-state index contributed by atoms with van der Waals surface area (Å²) in [6.07, 6.45) is 0. The third-order valence-corrected chi connectivity index (χ3v) is 3.21. The summed E-state index contributed by atoms with van der Waals surface area (Å²) < 4.78 is 0. The van der Waals surface area contributed by atoms with Gasteiger partial charge >= 0.3 is 11.9 Å². The van der Waals surface area contributed by atoms with Crippen molar-refractivity contribution in [2.45, 2.75) is 12.1 Å². The zero-order chi connectivity index (χ0) is 16.3. The summed E-state index contributed by atoms with van der Waals surface area (Å²) in [5.74, 6) is -3.72. The Labute approximate surface area is 125 Å². The molecule has 0 aliphatic rings. The Morgan fingerprint density at radius 3 is 2.18 bits per heavy atom. The van der Waals surface area contributed by atoms with Crippen molar-refractivity contribution in [1.29, 1.82) is 0 Å². The number of carbonyl (C=O) groups excluding carboxylic acids is 1. The molecule has 0 radical (unpaired) electrons. The first-order chi connectivity index (χ1) is 10.4. The lowest BCUT2D eigenvalue weighted by Crippen LogP contribution is -2.55. The van der Waals surface area contributed by atoms with Gasteiger partial charge in [-0.15, -0.1) is 0 Å². The van der Waals surface area contributed by atoms with Gasteiger partial charge in [-0.1, -0.05) is 30.3 Å². The van der Waals surface area contributed by atoms with Crippen molar-refractivity contribution >= 4 is 28.6 Å². The summed E-state index contributed by atoms with van der Waals surface area (Å²) in [4.78, 5) is 34.0. The quantitative estimate of drug-likeness (QED) is 0.634. The van der Waals surface area contributed by atoms with Crippen LogP contribution in [0.15, 0.2) is 42.5 Å². The molecule has 1 amide bonds. The van der Waals surface area contributed by atoms with E-state index in [2.05, 4.69) is 5.32 Å². The second kappa shape index (κ2) is 6.23. The first-order valence-corrected chi connectivity index (χ1v) is 6.41. The number of hydrogen-bond acceptors (Lipinski definition) is 4. The maximum atomic E-state index is 12.1. The Hall–Kier alpha value is -2.93. The van der Waals surface area contributed by atoms with Crippen molar-refractivity contribution in [1.82, 2.24) is 5.32 Å². The molecule has 0 fully saturated rings. The maximum absolute atomic E-state index is 12.1. The molecule has 0 saturated carbocycles. The Balaban J connectivity index is 2.25. The van der Waals surface area contributed by atoms with Gasteiger partial charge in [0.2, 0.25) is 0 Å². The van der Waals surface area contributed by atoms with Crippen LogP contribution in [0.25, 0.3) is 10.8 Å². The molecule has 0 aliphatic heterocycles. The molecule has 2 aromatic rings. The van der Waals surface area contributed by atoms with E-state index in [1.165, 1.54) is 6.07 Å². The van der Waals surface area contributed by atoms with E-state index in [1.807, 2.05) is 24.3 Å². The lowest BCUT2D eigenvalue weighted by molar-refractivity contribution is -0.147. The number of nitrogens with one attached hydrogen (secondary N) is 1. The lowest BCUT2D eigenvalue weighted by Gasteiger charge is -2.18. The van der Waals surface area contributed by atoms with Crippen LogP contribution in [-0.2, 0) is 9.59 Å². The van der Waals surface area contributed by atoms with E-state index < -0.39 is 29.9 Å². The molecule has 0 bridgehead atoms. The number of benzene rings is 2. The number of hydrogen-bond donors (Lipinski definition) is 4. The molecule has 0 saturated heterocycles. The molecule has 1 unspecified atom stereocenters. The Morgan fingerprint density at radius 2 is 1.59 bits per heavy atom. The summed E-state index contributed by atoms with van der Waals surface area (Å²) >= 11 is 0. The maximum Gasteiger partial charge on any atom is 0.328 e. The van der Waals surface area contributed by atoms with E-state index in [9.17, 15) is 14.4 Å². The van der Waals surface area contributed by atoms with Crippen LogP contribution in [0.2, 0.25) is 0 Å². The van der Waals surface area contributed by atoms with Crippen molar-refractivity contribution in [3.05, 3.63) is 48.0 Å². The minimum Gasteiger partial charge on any atom is -0.480 e. The number of fused-ring (bicyclic) bond motifs is 1. The zero-order valence-corrected chi connectivity index (χ0v) is 11.4. The number of nitrogens with two attached hydrogens (primary N) is 1. The van der Waals surface area contributed by atoms with Crippen LogP contribution in [0.5, 0.6) is 0 Å². The minimum absolute atomic E-state index is 0.225. The Kier molecular flexibility index (Phi) is 4.38. The van der Waals surface area contributed by atoms with Crippen LogP contribution >= 0.6 is 0 Å². The highest BCUT2D eigenvalue weighted by atomic mass is 16.4. The number of rotatable bonds is 5. The van der Waals surface area contributed by atoms with E-state index in [-0.39, 0.29) is 5.56 Å². The third-order valence-electron chi connectivity index (χ3n) is 3.21. The molecule has 2 aromatic carbocycles. The van der Waals surface area contributed by atoms with E-state index >= 15 is 0 Å². The van der Waals surface area contributed by atoms with Crippen molar-refractivity contribution < 1.29 is 24.6 Å². The molecule has 114 valence electrons. The first-order valence-electron chi connectivity index (χ1n) is 6.41. The van der Waals surface area contributed by atoms with Crippen LogP contribution in [0, 0.1) is 0 Å². The Morgan fingerprint density at radius 1 is 0.955 bits per heavy atom. The van der Waals surface area contributed by atoms with Crippen molar-refractivity contribution in [2.24, 2.45) is 5.73 Å². The van der Waals surface area contributed by atoms with Gasteiger partial charge in [-0.2, -0.15) is 0 Å². The van der Waals surface area contributed by atoms with Gasteiger partial charge in [0.05, 0.1) is 0 Å². The first kappa shape index (κ1) is 15.5. The summed E-state index contributed by atoms with van der Waals surface area (Å²) in [5.41, 5.74) is 5.51. The molecule has 0 aliphatic carbocycles. The van der Waals surface area contributed by atoms with Crippen LogP contribution in [0.1, 0.15) is 10.4 Å². The van der Waals surface area contributed by atoms with E-state index in [0.29, 0.717) is 0 Å². The fraction of sp³-hybridized carbons (Fsp3) is 0.133. The molecule has 5 N–H and O–H groups in total. The van der Waals surface area contributed by atoms with Crippen LogP contribution in [-0.4, -0.2) is 40.1 Å². The minimum atomic E-state index is -1.73. The number of carboxylic acids is 2. The fourth-order valence-corrected chi connectivity index (χ4v) is 2.00. The summed E-state index contributed by atoms with van der Waals surface area (Å²) in [6.45, 7) is 0. The molecule has 0 spiro atoms. The summed E-state index contributed by atoms with van der Waals surface area (Å²) in [6, 6.07) is 8.74. The van der Waals surface area contributed by atoms with Gasteiger partial charge in [0, 0.05) is 5.56 Å². The lowest BCUT2D eigenvalue weighted by atomic mass is 10.1. The highest BCUT2D eigenvalue weighted by molar-refractivity contribution is 6.01. The second-order valence-electron chi connectivity index (χ2n) is 4.72. The molecular formula is C15H14N2O5. The van der Waals surface area contributed by atoms with Gasteiger partial charge in [0.15, 0.2) is 6.04 Å². The average molecular weight is 302 g/mol. The van der Waals surface area contributed by atoms with Gasteiger partial charge in [-0.05, 0) is 22.9 Å². The molecule has 7 heteroatoms. The van der Waals surface area contributed by atoms with Crippen LogP contribution in [0.3, 0.4) is 0 Å². The highest BCUT2D eigenvalue weighted by Crippen LogP contribution is 2.15.